The van der Waals surface area contributed by atoms with Crippen molar-refractivity contribution in [1.82, 2.24) is 4.90 Å². The zero-order valence-electron chi connectivity index (χ0n) is 15.6. The van der Waals surface area contributed by atoms with Crippen molar-refractivity contribution in [2.45, 2.75) is 18.9 Å². The number of likely N-dealkylation sites (tertiary alicyclic amines) is 1. The summed E-state index contributed by atoms with van der Waals surface area (Å²) in [5, 5.41) is 2.97. The quantitative estimate of drug-likeness (QED) is 0.718. The molecule has 2 aromatic rings. The predicted octanol–water partition coefficient (Wildman–Crippen LogP) is 3.79. The van der Waals surface area contributed by atoms with Crippen molar-refractivity contribution in [2.24, 2.45) is 0 Å². The maximum absolute atomic E-state index is 12.6. The van der Waals surface area contributed by atoms with E-state index in [1.54, 1.807) is 7.11 Å². The molecule has 0 radical (unpaired) electrons. The highest BCUT2D eigenvalue weighted by Crippen LogP contribution is 2.26. The standard InChI is InChI=1S/C21H26N2O4/c1-25-16-17-8-7-13-23(17)21(24)22-19-11-5-6-12-20(19)27-15-14-26-18-9-3-2-4-10-18/h2-6,9-12,17H,7-8,13-16H2,1H3,(H,22,24)/t17-/m1/s1. The van der Waals surface area contributed by atoms with Crippen molar-refractivity contribution < 1.29 is 19.0 Å². The molecule has 1 heterocycles. The van der Waals surface area contributed by atoms with Crippen LogP contribution >= 0.6 is 0 Å². The molecule has 0 unspecified atom stereocenters. The molecule has 6 nitrogen and oxygen atoms in total. The second-order valence-corrected chi connectivity index (χ2v) is 6.38. The van der Waals surface area contributed by atoms with Crippen LogP contribution in [0.2, 0.25) is 0 Å². The second kappa shape index (κ2) is 9.83. The summed E-state index contributed by atoms with van der Waals surface area (Å²) in [7, 11) is 1.66. The van der Waals surface area contributed by atoms with Gasteiger partial charge < -0.3 is 24.4 Å². The summed E-state index contributed by atoms with van der Waals surface area (Å²) >= 11 is 0. The van der Waals surface area contributed by atoms with Gasteiger partial charge in [-0.2, -0.15) is 0 Å². The Morgan fingerprint density at radius 1 is 1.07 bits per heavy atom. The Labute approximate surface area is 160 Å². The maximum Gasteiger partial charge on any atom is 0.322 e. The lowest BCUT2D eigenvalue weighted by Gasteiger charge is -2.25. The van der Waals surface area contributed by atoms with Crippen molar-refractivity contribution in [3.63, 3.8) is 0 Å². The average molecular weight is 370 g/mol. The van der Waals surface area contributed by atoms with Crippen molar-refractivity contribution in [3.8, 4) is 11.5 Å². The molecule has 1 aliphatic heterocycles. The molecule has 1 atom stereocenters. The van der Waals surface area contributed by atoms with Gasteiger partial charge >= 0.3 is 6.03 Å². The number of nitrogens with one attached hydrogen (secondary N) is 1. The first kappa shape index (κ1) is 19.0. The predicted molar refractivity (Wildman–Crippen MR) is 104 cm³/mol. The highest BCUT2D eigenvalue weighted by Gasteiger charge is 2.29. The minimum Gasteiger partial charge on any atom is -0.490 e. The second-order valence-electron chi connectivity index (χ2n) is 6.38. The number of carbonyl (C=O) groups excluding carboxylic acids is 1. The Bertz CT molecular complexity index is 723. The Hall–Kier alpha value is -2.73. The van der Waals surface area contributed by atoms with Gasteiger partial charge in [-0.3, -0.25) is 0 Å². The van der Waals surface area contributed by atoms with Crippen LogP contribution in [0.1, 0.15) is 12.8 Å². The summed E-state index contributed by atoms with van der Waals surface area (Å²) in [5.41, 5.74) is 0.658. The van der Waals surface area contributed by atoms with Gasteiger partial charge in [-0.25, -0.2) is 4.79 Å². The first-order valence-electron chi connectivity index (χ1n) is 9.24. The molecule has 1 aliphatic rings. The number of ether oxygens (including phenoxy) is 3. The van der Waals surface area contributed by atoms with Gasteiger partial charge in [-0.15, -0.1) is 0 Å². The van der Waals surface area contributed by atoms with Crippen LogP contribution in [-0.2, 0) is 4.74 Å². The number of amides is 2. The lowest BCUT2D eigenvalue weighted by atomic mass is 10.2. The normalized spacial score (nSPS) is 16.2. The molecule has 1 fully saturated rings. The highest BCUT2D eigenvalue weighted by atomic mass is 16.5. The Morgan fingerprint density at radius 3 is 2.63 bits per heavy atom. The van der Waals surface area contributed by atoms with E-state index in [-0.39, 0.29) is 12.1 Å². The lowest BCUT2D eigenvalue weighted by Crippen LogP contribution is -2.40. The molecular weight excluding hydrogens is 344 g/mol. The molecular formula is C21H26N2O4. The number of urea groups is 1. The number of carbonyl (C=O) groups is 1. The van der Waals surface area contributed by atoms with E-state index in [2.05, 4.69) is 5.32 Å². The van der Waals surface area contributed by atoms with Crippen molar-refractivity contribution >= 4 is 11.7 Å². The summed E-state index contributed by atoms with van der Waals surface area (Å²) in [6, 6.07) is 17.1. The summed E-state index contributed by atoms with van der Waals surface area (Å²) in [5.74, 6) is 1.44. The van der Waals surface area contributed by atoms with Gasteiger partial charge in [0.25, 0.3) is 0 Å². The van der Waals surface area contributed by atoms with Gasteiger partial charge in [0.15, 0.2) is 0 Å². The van der Waals surface area contributed by atoms with Gasteiger partial charge in [0, 0.05) is 13.7 Å². The van der Waals surface area contributed by atoms with Crippen LogP contribution in [0.4, 0.5) is 10.5 Å². The third-order valence-electron chi connectivity index (χ3n) is 4.48. The molecule has 0 spiro atoms. The number of anilines is 1. The molecule has 0 bridgehead atoms. The van der Waals surface area contributed by atoms with Crippen LogP contribution in [0.15, 0.2) is 54.6 Å². The molecule has 2 amide bonds. The number of methoxy groups -OCH3 is 1. The molecule has 0 aliphatic carbocycles. The number of benzene rings is 2. The number of nitrogens with zero attached hydrogens (tertiary/aromatic N) is 1. The minimum atomic E-state index is -0.119. The van der Waals surface area contributed by atoms with Crippen LogP contribution in [0, 0.1) is 0 Å². The smallest absolute Gasteiger partial charge is 0.322 e. The number of rotatable bonds is 8. The van der Waals surface area contributed by atoms with Gasteiger partial charge in [0.05, 0.1) is 18.3 Å². The number of para-hydroxylation sites is 3. The minimum absolute atomic E-state index is 0.119. The average Bonchev–Trinajstić information content (AvgIpc) is 3.16. The third-order valence-corrected chi connectivity index (χ3v) is 4.48. The van der Waals surface area contributed by atoms with Gasteiger partial charge in [0.1, 0.15) is 24.7 Å². The van der Waals surface area contributed by atoms with Crippen LogP contribution < -0.4 is 14.8 Å². The lowest BCUT2D eigenvalue weighted by molar-refractivity contribution is 0.128. The van der Waals surface area contributed by atoms with Crippen LogP contribution in [0.25, 0.3) is 0 Å². The van der Waals surface area contributed by atoms with E-state index < -0.39 is 0 Å². The zero-order chi connectivity index (χ0) is 18.9. The Morgan fingerprint density at radius 2 is 1.81 bits per heavy atom. The van der Waals surface area contributed by atoms with Crippen molar-refractivity contribution in [2.75, 3.05) is 38.8 Å². The molecule has 144 valence electrons. The topological polar surface area (TPSA) is 60.0 Å². The van der Waals surface area contributed by atoms with E-state index >= 15 is 0 Å². The number of hydrogen-bond acceptors (Lipinski definition) is 4. The van der Waals surface area contributed by atoms with E-state index in [0.717, 1.165) is 25.1 Å². The van der Waals surface area contributed by atoms with E-state index in [0.29, 0.717) is 31.3 Å². The first-order valence-corrected chi connectivity index (χ1v) is 9.24. The SMILES string of the molecule is COC[C@H]1CCCN1C(=O)Nc1ccccc1OCCOc1ccccc1. The number of hydrogen-bond donors (Lipinski definition) is 1. The van der Waals surface area contributed by atoms with Crippen molar-refractivity contribution in [3.05, 3.63) is 54.6 Å². The van der Waals surface area contributed by atoms with E-state index in [1.807, 2.05) is 59.5 Å². The molecule has 6 heteroatoms. The maximum atomic E-state index is 12.6. The molecule has 3 rings (SSSR count). The summed E-state index contributed by atoms with van der Waals surface area (Å²) in [6.45, 7) is 2.11. The summed E-state index contributed by atoms with van der Waals surface area (Å²) < 4.78 is 16.7. The summed E-state index contributed by atoms with van der Waals surface area (Å²) in [4.78, 5) is 14.5. The monoisotopic (exact) mass is 370 g/mol. The van der Waals surface area contributed by atoms with Crippen LogP contribution in [0.3, 0.4) is 0 Å². The fourth-order valence-corrected chi connectivity index (χ4v) is 3.18. The van der Waals surface area contributed by atoms with Gasteiger partial charge in [-0.05, 0) is 37.1 Å². The van der Waals surface area contributed by atoms with Gasteiger partial charge in [0.2, 0.25) is 0 Å². The largest absolute Gasteiger partial charge is 0.490 e. The van der Waals surface area contributed by atoms with Crippen LogP contribution in [-0.4, -0.2) is 50.4 Å². The van der Waals surface area contributed by atoms with E-state index in [4.69, 9.17) is 14.2 Å². The fourth-order valence-electron chi connectivity index (χ4n) is 3.18. The van der Waals surface area contributed by atoms with E-state index in [9.17, 15) is 4.79 Å². The third kappa shape index (κ3) is 5.37. The zero-order valence-corrected chi connectivity index (χ0v) is 15.6. The summed E-state index contributed by atoms with van der Waals surface area (Å²) in [6.07, 6.45) is 1.96. The van der Waals surface area contributed by atoms with Gasteiger partial charge in [-0.1, -0.05) is 30.3 Å². The molecule has 0 aromatic heterocycles. The molecule has 1 N–H and O–H groups in total. The van der Waals surface area contributed by atoms with Crippen molar-refractivity contribution in [1.29, 1.82) is 0 Å². The first-order chi connectivity index (χ1) is 13.3. The Kier molecular flexibility index (Phi) is 6.93. The van der Waals surface area contributed by atoms with Crippen LogP contribution in [0.5, 0.6) is 11.5 Å². The molecule has 1 saturated heterocycles. The fraction of sp³-hybridized carbons (Fsp3) is 0.381. The highest BCUT2D eigenvalue weighted by molar-refractivity contribution is 5.91. The molecule has 27 heavy (non-hydrogen) atoms. The molecule has 0 saturated carbocycles. The molecule has 2 aromatic carbocycles. The Balaban J connectivity index is 1.53. The van der Waals surface area contributed by atoms with E-state index in [1.165, 1.54) is 0 Å².